The summed E-state index contributed by atoms with van der Waals surface area (Å²) >= 11 is 0. The Kier molecular flexibility index (Phi) is 6.68. The Morgan fingerprint density at radius 1 is 1.17 bits per heavy atom. The first-order valence-corrected chi connectivity index (χ1v) is 6.73. The minimum Gasteiger partial charge on any atom is -0.389 e. The summed E-state index contributed by atoms with van der Waals surface area (Å²) in [6, 6.07) is -0.118. The van der Waals surface area contributed by atoms with Gasteiger partial charge in [0.25, 0.3) is 0 Å². The highest BCUT2D eigenvalue weighted by atomic mass is 16.3. The van der Waals surface area contributed by atoms with Crippen LogP contribution < -0.4 is 5.32 Å². The maximum absolute atomic E-state index is 11.7. The quantitative estimate of drug-likeness (QED) is 0.720. The van der Waals surface area contributed by atoms with E-state index in [1.54, 1.807) is 20.9 Å². The molecule has 18 heavy (non-hydrogen) atoms. The fourth-order valence-electron chi connectivity index (χ4n) is 1.76. The molecule has 2 N–H and O–H groups in total. The van der Waals surface area contributed by atoms with Crippen molar-refractivity contribution in [2.75, 3.05) is 20.1 Å². The van der Waals surface area contributed by atoms with Gasteiger partial charge in [-0.1, -0.05) is 27.2 Å². The molecule has 0 aliphatic rings. The number of hydrogen-bond donors (Lipinski definition) is 2. The third-order valence-electron chi connectivity index (χ3n) is 2.60. The van der Waals surface area contributed by atoms with E-state index in [9.17, 15) is 9.90 Å². The first-order valence-electron chi connectivity index (χ1n) is 6.73. The molecule has 4 nitrogen and oxygen atoms in total. The molecule has 0 saturated heterocycles. The van der Waals surface area contributed by atoms with Gasteiger partial charge in [-0.25, -0.2) is 4.79 Å². The lowest BCUT2D eigenvalue weighted by molar-refractivity contribution is 0.0532. The standard InChI is InChI=1S/C14H30N2O2/c1-13(2,3)9-7-8-10-15-12(17)16(6)11-14(4,5)18/h18H,7-11H2,1-6H3,(H,15,17). The zero-order chi connectivity index (χ0) is 14.4. The maximum Gasteiger partial charge on any atom is 0.317 e. The van der Waals surface area contributed by atoms with Gasteiger partial charge in [0.1, 0.15) is 0 Å². The normalized spacial score (nSPS) is 12.4. The highest BCUT2D eigenvalue weighted by molar-refractivity contribution is 5.73. The lowest BCUT2D eigenvalue weighted by Gasteiger charge is -2.25. The first kappa shape index (κ1) is 17.2. The van der Waals surface area contributed by atoms with E-state index in [1.807, 2.05) is 0 Å². The number of unbranched alkanes of at least 4 members (excludes halogenated alkanes) is 1. The van der Waals surface area contributed by atoms with Crippen molar-refractivity contribution in [2.24, 2.45) is 5.41 Å². The number of nitrogens with one attached hydrogen (secondary N) is 1. The van der Waals surface area contributed by atoms with E-state index in [2.05, 4.69) is 26.1 Å². The lowest BCUT2D eigenvalue weighted by atomic mass is 9.90. The number of hydrogen-bond acceptors (Lipinski definition) is 2. The second-order valence-corrected chi connectivity index (χ2v) is 6.92. The van der Waals surface area contributed by atoms with Crippen molar-refractivity contribution < 1.29 is 9.90 Å². The summed E-state index contributed by atoms with van der Waals surface area (Å²) in [6.07, 6.45) is 3.29. The first-order chi connectivity index (χ1) is 8.01. The molecule has 0 radical (unpaired) electrons. The molecule has 2 amide bonds. The van der Waals surface area contributed by atoms with Crippen LogP contribution in [-0.4, -0.2) is 41.8 Å². The number of urea groups is 1. The minimum absolute atomic E-state index is 0.118. The van der Waals surface area contributed by atoms with Crippen molar-refractivity contribution >= 4 is 6.03 Å². The van der Waals surface area contributed by atoms with Crippen LogP contribution in [0.25, 0.3) is 0 Å². The molecule has 0 aromatic heterocycles. The number of aliphatic hydroxyl groups is 1. The minimum atomic E-state index is -0.849. The molecule has 0 saturated carbocycles. The fraction of sp³-hybridized carbons (Fsp3) is 0.929. The van der Waals surface area contributed by atoms with E-state index >= 15 is 0 Å². The molecule has 4 heteroatoms. The largest absolute Gasteiger partial charge is 0.389 e. The Morgan fingerprint density at radius 2 is 1.72 bits per heavy atom. The van der Waals surface area contributed by atoms with Crippen molar-refractivity contribution in [2.45, 2.75) is 59.5 Å². The Morgan fingerprint density at radius 3 is 2.17 bits per heavy atom. The number of amides is 2. The average molecular weight is 258 g/mol. The second-order valence-electron chi connectivity index (χ2n) is 6.92. The Hall–Kier alpha value is -0.770. The molecule has 0 rings (SSSR count). The van der Waals surface area contributed by atoms with E-state index in [1.165, 1.54) is 11.3 Å². The van der Waals surface area contributed by atoms with Crippen LogP contribution in [0.2, 0.25) is 0 Å². The van der Waals surface area contributed by atoms with Crippen LogP contribution >= 0.6 is 0 Å². The molecular weight excluding hydrogens is 228 g/mol. The average Bonchev–Trinajstić information content (AvgIpc) is 2.12. The molecule has 0 aromatic carbocycles. The predicted octanol–water partition coefficient (Wildman–Crippen LogP) is 2.62. The number of carbonyl (C=O) groups is 1. The van der Waals surface area contributed by atoms with Crippen LogP contribution in [0.1, 0.15) is 53.9 Å². The van der Waals surface area contributed by atoms with Crippen LogP contribution in [0.15, 0.2) is 0 Å². The van der Waals surface area contributed by atoms with E-state index in [-0.39, 0.29) is 6.03 Å². The fourth-order valence-corrected chi connectivity index (χ4v) is 1.76. The number of carbonyl (C=O) groups excluding carboxylic acids is 1. The molecule has 0 fully saturated rings. The molecule has 0 aliphatic heterocycles. The molecule has 0 bridgehead atoms. The van der Waals surface area contributed by atoms with Gasteiger partial charge in [-0.3, -0.25) is 0 Å². The predicted molar refractivity (Wildman–Crippen MR) is 75.6 cm³/mol. The van der Waals surface area contributed by atoms with Crippen molar-refractivity contribution in [3.8, 4) is 0 Å². The molecule has 0 aromatic rings. The molecule has 0 unspecified atom stereocenters. The molecule has 0 atom stereocenters. The third kappa shape index (κ3) is 10.4. The number of rotatable bonds is 6. The van der Waals surface area contributed by atoms with Crippen LogP contribution in [0, 0.1) is 5.41 Å². The maximum atomic E-state index is 11.7. The summed E-state index contributed by atoms with van der Waals surface area (Å²) in [6.45, 7) is 11.1. The second kappa shape index (κ2) is 6.98. The van der Waals surface area contributed by atoms with Crippen LogP contribution in [0.3, 0.4) is 0 Å². The van der Waals surface area contributed by atoms with Crippen LogP contribution in [0.5, 0.6) is 0 Å². The molecule has 108 valence electrons. The highest BCUT2D eigenvalue weighted by Gasteiger charge is 2.18. The van der Waals surface area contributed by atoms with Crippen LogP contribution in [-0.2, 0) is 0 Å². The monoisotopic (exact) mass is 258 g/mol. The molecule has 0 aliphatic carbocycles. The number of nitrogens with zero attached hydrogens (tertiary/aromatic N) is 1. The van der Waals surface area contributed by atoms with Gasteiger partial charge in [0.2, 0.25) is 0 Å². The van der Waals surface area contributed by atoms with E-state index in [0.717, 1.165) is 12.8 Å². The van der Waals surface area contributed by atoms with Gasteiger partial charge in [-0.05, 0) is 32.1 Å². The van der Waals surface area contributed by atoms with Gasteiger partial charge < -0.3 is 15.3 Å². The molecule has 0 spiro atoms. The summed E-state index contributed by atoms with van der Waals surface area (Å²) in [7, 11) is 1.70. The number of likely N-dealkylation sites (N-methyl/N-ethyl adjacent to an activating group) is 1. The smallest absolute Gasteiger partial charge is 0.317 e. The highest BCUT2D eigenvalue weighted by Crippen LogP contribution is 2.21. The van der Waals surface area contributed by atoms with E-state index < -0.39 is 5.60 Å². The lowest BCUT2D eigenvalue weighted by Crippen LogP contribution is -2.44. The molecule has 0 heterocycles. The van der Waals surface area contributed by atoms with Crippen molar-refractivity contribution in [1.82, 2.24) is 10.2 Å². The summed E-state index contributed by atoms with van der Waals surface area (Å²) in [5.74, 6) is 0. The van der Waals surface area contributed by atoms with Crippen molar-refractivity contribution in [3.63, 3.8) is 0 Å². The van der Waals surface area contributed by atoms with E-state index in [0.29, 0.717) is 18.5 Å². The Bertz CT molecular complexity index is 252. The third-order valence-corrected chi connectivity index (χ3v) is 2.60. The van der Waals surface area contributed by atoms with Crippen molar-refractivity contribution in [1.29, 1.82) is 0 Å². The van der Waals surface area contributed by atoms with Gasteiger partial charge in [0.15, 0.2) is 0 Å². The zero-order valence-corrected chi connectivity index (χ0v) is 12.8. The van der Waals surface area contributed by atoms with Gasteiger partial charge in [0.05, 0.1) is 12.1 Å². The Labute approximate surface area is 112 Å². The zero-order valence-electron chi connectivity index (χ0n) is 12.8. The topological polar surface area (TPSA) is 52.6 Å². The van der Waals surface area contributed by atoms with Gasteiger partial charge in [-0.2, -0.15) is 0 Å². The summed E-state index contributed by atoms with van der Waals surface area (Å²) < 4.78 is 0. The SMILES string of the molecule is CN(CC(C)(C)O)C(=O)NCCCCC(C)(C)C. The summed E-state index contributed by atoms with van der Waals surface area (Å²) in [5, 5.41) is 12.5. The molecular formula is C14H30N2O2. The van der Waals surface area contributed by atoms with Crippen LogP contribution in [0.4, 0.5) is 4.79 Å². The van der Waals surface area contributed by atoms with E-state index in [4.69, 9.17) is 0 Å². The summed E-state index contributed by atoms with van der Waals surface area (Å²) in [5.41, 5.74) is -0.486. The Balaban J connectivity index is 3.71. The van der Waals surface area contributed by atoms with Gasteiger partial charge in [0, 0.05) is 13.6 Å². The van der Waals surface area contributed by atoms with Crippen molar-refractivity contribution in [3.05, 3.63) is 0 Å². The van der Waals surface area contributed by atoms with Gasteiger partial charge in [-0.15, -0.1) is 0 Å². The van der Waals surface area contributed by atoms with Gasteiger partial charge >= 0.3 is 6.03 Å². The summed E-state index contributed by atoms with van der Waals surface area (Å²) in [4.78, 5) is 13.2.